The Kier molecular flexibility index (Phi) is 5.70. The van der Waals surface area contributed by atoms with Crippen molar-refractivity contribution in [2.45, 2.75) is 18.8 Å². The summed E-state index contributed by atoms with van der Waals surface area (Å²) in [5.41, 5.74) is 1.19. The van der Waals surface area contributed by atoms with Crippen LogP contribution in [-0.2, 0) is 9.53 Å². The third kappa shape index (κ3) is 4.82. The Hall–Kier alpha value is -2.94. The van der Waals surface area contributed by atoms with Gasteiger partial charge in [-0.1, -0.05) is 23.7 Å². The molecule has 10 heteroatoms. The molecule has 1 aliphatic heterocycles. The van der Waals surface area contributed by atoms with Crippen molar-refractivity contribution in [1.82, 2.24) is 15.6 Å². The highest BCUT2D eigenvalue weighted by Gasteiger charge is 2.31. The second-order valence-electron chi connectivity index (χ2n) is 5.58. The van der Waals surface area contributed by atoms with E-state index in [1.807, 2.05) is 0 Å². The predicted molar refractivity (Wildman–Crippen MR) is 90.6 cm³/mol. The fourth-order valence-electron chi connectivity index (χ4n) is 2.51. The Morgan fingerprint density at radius 1 is 1.26 bits per heavy atom. The summed E-state index contributed by atoms with van der Waals surface area (Å²) in [6, 6.07) is 8.81. The molecule has 142 valence electrons. The van der Waals surface area contributed by atoms with Gasteiger partial charge in [-0.2, -0.15) is 8.78 Å². The molecule has 0 radical (unpaired) electrons. The first kappa shape index (κ1) is 18.8. The van der Waals surface area contributed by atoms with Gasteiger partial charge < -0.3 is 20.1 Å². The summed E-state index contributed by atoms with van der Waals surface area (Å²) < 4.78 is 33.7. The molecule has 27 heavy (non-hydrogen) atoms. The van der Waals surface area contributed by atoms with Crippen LogP contribution in [0.1, 0.15) is 17.2 Å². The molecule has 7 nitrogen and oxygen atoms in total. The van der Waals surface area contributed by atoms with Crippen LogP contribution in [-0.4, -0.2) is 36.2 Å². The molecule has 1 aromatic heterocycles. The van der Waals surface area contributed by atoms with Gasteiger partial charge in [0.2, 0.25) is 5.88 Å². The fourth-order valence-corrected chi connectivity index (χ4v) is 2.63. The molecule has 0 spiro atoms. The van der Waals surface area contributed by atoms with Crippen LogP contribution in [0.15, 0.2) is 42.6 Å². The van der Waals surface area contributed by atoms with Crippen LogP contribution in [0.2, 0.25) is 5.02 Å². The van der Waals surface area contributed by atoms with Gasteiger partial charge in [0.25, 0.3) is 5.91 Å². The number of rotatable bonds is 6. The van der Waals surface area contributed by atoms with Gasteiger partial charge in [-0.25, -0.2) is 9.78 Å². The van der Waals surface area contributed by atoms with E-state index in [0.29, 0.717) is 16.1 Å². The number of alkyl halides is 2. The first-order chi connectivity index (χ1) is 12.9. The zero-order valence-corrected chi connectivity index (χ0v) is 14.5. The molecule has 1 fully saturated rings. The van der Waals surface area contributed by atoms with E-state index in [-0.39, 0.29) is 12.4 Å². The minimum atomic E-state index is -2.99. The molecule has 2 amide bonds. The Balaban J connectivity index is 1.84. The van der Waals surface area contributed by atoms with Crippen LogP contribution in [0.5, 0.6) is 5.88 Å². The smallest absolute Gasteiger partial charge is 0.408 e. The number of hydrogen-bond donors (Lipinski definition) is 2. The van der Waals surface area contributed by atoms with Crippen molar-refractivity contribution >= 4 is 23.6 Å². The molecule has 3 rings (SSSR count). The van der Waals surface area contributed by atoms with Crippen molar-refractivity contribution in [1.29, 1.82) is 0 Å². The van der Waals surface area contributed by atoms with Gasteiger partial charge in [0, 0.05) is 17.3 Å². The van der Waals surface area contributed by atoms with Gasteiger partial charge >= 0.3 is 12.7 Å². The summed E-state index contributed by atoms with van der Waals surface area (Å²) in [6.45, 7) is -2.93. The number of ether oxygens (including phenoxy) is 2. The Morgan fingerprint density at radius 2 is 1.96 bits per heavy atom. The Labute approximate surface area is 157 Å². The number of pyridine rings is 1. The van der Waals surface area contributed by atoms with E-state index in [9.17, 15) is 18.4 Å². The van der Waals surface area contributed by atoms with Gasteiger partial charge in [0.1, 0.15) is 0 Å². The van der Waals surface area contributed by atoms with Gasteiger partial charge in [-0.05, 0) is 29.3 Å². The van der Waals surface area contributed by atoms with E-state index in [4.69, 9.17) is 16.3 Å². The molecule has 1 saturated heterocycles. The van der Waals surface area contributed by atoms with Crippen LogP contribution < -0.4 is 15.4 Å². The van der Waals surface area contributed by atoms with Gasteiger partial charge in [-0.15, -0.1) is 0 Å². The lowest BCUT2D eigenvalue weighted by atomic mass is 10.00. The van der Waals surface area contributed by atoms with Crippen molar-refractivity contribution in [2.24, 2.45) is 0 Å². The van der Waals surface area contributed by atoms with E-state index < -0.39 is 30.8 Å². The lowest BCUT2D eigenvalue weighted by Gasteiger charge is -2.21. The topological polar surface area (TPSA) is 89.6 Å². The van der Waals surface area contributed by atoms with Crippen LogP contribution in [0, 0.1) is 0 Å². The maximum absolute atomic E-state index is 12.4. The van der Waals surface area contributed by atoms with Gasteiger partial charge in [0.05, 0.1) is 12.6 Å². The first-order valence-electron chi connectivity index (χ1n) is 7.83. The van der Waals surface area contributed by atoms with Gasteiger partial charge in [0.15, 0.2) is 6.10 Å². The van der Waals surface area contributed by atoms with Crippen molar-refractivity contribution in [3.63, 3.8) is 0 Å². The average Bonchev–Trinajstić information content (AvgIpc) is 3.07. The van der Waals surface area contributed by atoms with E-state index in [1.54, 1.807) is 24.3 Å². The minimum Gasteiger partial charge on any atom is -0.434 e. The molecule has 0 aliphatic carbocycles. The number of aromatic nitrogens is 1. The lowest BCUT2D eigenvalue weighted by Crippen LogP contribution is -2.39. The molecule has 2 N–H and O–H groups in total. The Bertz CT molecular complexity index is 818. The monoisotopic (exact) mass is 397 g/mol. The molecule has 2 unspecified atom stereocenters. The molecule has 0 saturated carbocycles. The Morgan fingerprint density at radius 3 is 2.52 bits per heavy atom. The number of carbonyl (C=O) groups excluding carboxylic acids is 2. The summed E-state index contributed by atoms with van der Waals surface area (Å²) in [4.78, 5) is 27.4. The number of halogens is 3. The summed E-state index contributed by atoms with van der Waals surface area (Å²) in [6.07, 6.45) is -0.328. The maximum Gasteiger partial charge on any atom is 0.408 e. The lowest BCUT2D eigenvalue weighted by molar-refractivity contribution is -0.128. The molecule has 0 bridgehead atoms. The van der Waals surface area contributed by atoms with E-state index in [0.717, 1.165) is 0 Å². The largest absolute Gasteiger partial charge is 0.434 e. The highest BCUT2D eigenvalue weighted by atomic mass is 35.5. The third-order valence-electron chi connectivity index (χ3n) is 3.77. The summed E-state index contributed by atoms with van der Waals surface area (Å²) in [5.74, 6) is -0.759. The normalized spacial score (nSPS) is 17.2. The standard InChI is InChI=1S/C17H14ClF2N3O4/c18-11-4-1-9(2-5-11)14(23-15(24)12-8-22-17(25)26-12)10-3-6-13(21-7-10)27-16(19)20/h1-7,12,14,16H,8H2,(H,22,25)(H,23,24). The number of nitrogens with zero attached hydrogens (tertiary/aromatic N) is 1. The van der Waals surface area contributed by atoms with Gasteiger partial charge in [-0.3, -0.25) is 4.79 Å². The second kappa shape index (κ2) is 8.17. The highest BCUT2D eigenvalue weighted by Crippen LogP contribution is 2.25. The number of cyclic esters (lactones) is 1. The summed E-state index contributed by atoms with van der Waals surface area (Å²) >= 11 is 5.90. The zero-order valence-electron chi connectivity index (χ0n) is 13.7. The quantitative estimate of drug-likeness (QED) is 0.782. The van der Waals surface area contributed by atoms with E-state index in [2.05, 4.69) is 20.4 Å². The molecular weight excluding hydrogens is 384 g/mol. The fraction of sp³-hybridized carbons (Fsp3) is 0.235. The minimum absolute atomic E-state index is 0.0530. The van der Waals surface area contributed by atoms with Crippen molar-refractivity contribution in [2.75, 3.05) is 6.54 Å². The van der Waals surface area contributed by atoms with Crippen molar-refractivity contribution < 1.29 is 27.8 Å². The summed E-state index contributed by atoms with van der Waals surface area (Å²) in [7, 11) is 0. The van der Waals surface area contributed by atoms with Crippen LogP contribution in [0.3, 0.4) is 0 Å². The van der Waals surface area contributed by atoms with Crippen molar-refractivity contribution in [3.8, 4) is 5.88 Å². The molecular formula is C17H14ClF2N3O4. The third-order valence-corrected chi connectivity index (χ3v) is 4.02. The van der Waals surface area contributed by atoms with Crippen molar-refractivity contribution in [3.05, 3.63) is 58.7 Å². The number of alkyl carbamates (subject to hydrolysis) is 1. The molecule has 2 heterocycles. The average molecular weight is 398 g/mol. The number of nitrogens with one attached hydrogen (secondary N) is 2. The molecule has 1 aromatic carbocycles. The van der Waals surface area contributed by atoms with Crippen LogP contribution >= 0.6 is 11.6 Å². The van der Waals surface area contributed by atoms with Crippen LogP contribution in [0.25, 0.3) is 0 Å². The predicted octanol–water partition coefficient (Wildman–Crippen LogP) is 2.65. The summed E-state index contributed by atoms with van der Waals surface area (Å²) in [5, 5.41) is 5.67. The number of amides is 2. The van der Waals surface area contributed by atoms with E-state index in [1.165, 1.54) is 18.3 Å². The number of benzene rings is 1. The zero-order chi connectivity index (χ0) is 19.4. The number of carbonyl (C=O) groups is 2. The number of hydrogen-bond acceptors (Lipinski definition) is 5. The van der Waals surface area contributed by atoms with E-state index >= 15 is 0 Å². The second-order valence-corrected chi connectivity index (χ2v) is 6.01. The molecule has 2 atom stereocenters. The maximum atomic E-state index is 12.4. The molecule has 1 aliphatic rings. The molecule has 2 aromatic rings. The highest BCUT2D eigenvalue weighted by molar-refractivity contribution is 6.30. The SMILES string of the molecule is O=C1NCC(C(=O)NC(c2ccc(Cl)cc2)c2ccc(OC(F)F)nc2)O1. The first-order valence-corrected chi connectivity index (χ1v) is 8.21. The van der Waals surface area contributed by atoms with Crippen LogP contribution in [0.4, 0.5) is 13.6 Å².